The summed E-state index contributed by atoms with van der Waals surface area (Å²) in [6.45, 7) is 3.23. The molecule has 0 aliphatic heterocycles. The SMILES string of the molecule is CCCNC(c1ccc2c(c1)CCCC2)c1ccc(Cl)s1. The molecule has 1 aromatic heterocycles. The molecule has 1 nitrogen and oxygen atoms in total. The van der Waals surface area contributed by atoms with E-state index in [1.54, 1.807) is 22.5 Å². The molecule has 2 aromatic rings. The molecule has 0 spiro atoms. The van der Waals surface area contributed by atoms with Crippen LogP contribution in [0.3, 0.4) is 0 Å². The maximum atomic E-state index is 6.13. The van der Waals surface area contributed by atoms with E-state index in [0.717, 1.165) is 17.3 Å². The predicted molar refractivity (Wildman–Crippen MR) is 92.5 cm³/mol. The van der Waals surface area contributed by atoms with Gasteiger partial charge in [0, 0.05) is 4.88 Å². The molecule has 112 valence electrons. The lowest BCUT2D eigenvalue weighted by Gasteiger charge is -2.22. The summed E-state index contributed by atoms with van der Waals surface area (Å²) < 4.78 is 0.867. The number of benzene rings is 1. The highest BCUT2D eigenvalue weighted by Gasteiger charge is 2.18. The highest BCUT2D eigenvalue weighted by Crippen LogP contribution is 2.33. The number of hydrogen-bond donors (Lipinski definition) is 1. The maximum absolute atomic E-state index is 6.13. The van der Waals surface area contributed by atoms with Crippen LogP contribution in [0.15, 0.2) is 30.3 Å². The predicted octanol–water partition coefficient (Wildman–Crippen LogP) is 5.37. The zero-order valence-corrected chi connectivity index (χ0v) is 14.1. The maximum Gasteiger partial charge on any atom is 0.0931 e. The molecule has 21 heavy (non-hydrogen) atoms. The first kappa shape index (κ1) is 15.1. The molecule has 1 unspecified atom stereocenters. The standard InChI is InChI=1S/C18H22ClNS/c1-2-11-20-18(16-9-10-17(19)21-16)15-8-7-13-5-3-4-6-14(13)12-15/h7-10,12,18,20H,2-6,11H2,1H3. The summed E-state index contributed by atoms with van der Waals surface area (Å²) in [5.41, 5.74) is 4.47. The second-order valence-electron chi connectivity index (χ2n) is 5.76. The van der Waals surface area contributed by atoms with Gasteiger partial charge in [0.15, 0.2) is 0 Å². The molecule has 1 atom stereocenters. The minimum atomic E-state index is 0.273. The average Bonchev–Trinajstić information content (AvgIpc) is 2.94. The molecule has 0 radical (unpaired) electrons. The van der Waals surface area contributed by atoms with Gasteiger partial charge in [0.1, 0.15) is 0 Å². The van der Waals surface area contributed by atoms with E-state index in [1.165, 1.54) is 36.1 Å². The van der Waals surface area contributed by atoms with Crippen LogP contribution in [0.4, 0.5) is 0 Å². The topological polar surface area (TPSA) is 12.0 Å². The molecule has 0 saturated carbocycles. The first-order valence-corrected chi connectivity index (χ1v) is 9.07. The number of thiophene rings is 1. The molecule has 0 bridgehead atoms. The fraction of sp³-hybridized carbons (Fsp3) is 0.444. The smallest absolute Gasteiger partial charge is 0.0931 e. The largest absolute Gasteiger partial charge is 0.306 e. The second kappa shape index (κ2) is 6.95. The van der Waals surface area contributed by atoms with Gasteiger partial charge < -0.3 is 5.32 Å². The lowest BCUT2D eigenvalue weighted by molar-refractivity contribution is 0.603. The van der Waals surface area contributed by atoms with Crippen molar-refractivity contribution < 1.29 is 0 Å². The van der Waals surface area contributed by atoms with Crippen LogP contribution in [0.2, 0.25) is 4.34 Å². The van der Waals surface area contributed by atoms with Crippen molar-refractivity contribution >= 4 is 22.9 Å². The summed E-state index contributed by atoms with van der Waals surface area (Å²) in [5.74, 6) is 0. The molecule has 3 heteroatoms. The second-order valence-corrected chi connectivity index (χ2v) is 7.51. The third-order valence-corrected chi connectivity index (χ3v) is 5.48. The van der Waals surface area contributed by atoms with Gasteiger partial charge in [-0.05, 0) is 67.5 Å². The lowest BCUT2D eigenvalue weighted by Crippen LogP contribution is -2.22. The van der Waals surface area contributed by atoms with Crippen molar-refractivity contribution in [1.29, 1.82) is 0 Å². The normalized spacial score (nSPS) is 15.7. The summed E-state index contributed by atoms with van der Waals surface area (Å²) in [6, 6.07) is 11.5. The molecule has 1 aromatic carbocycles. The van der Waals surface area contributed by atoms with Crippen molar-refractivity contribution in [2.45, 2.75) is 45.1 Å². The monoisotopic (exact) mass is 319 g/mol. The number of rotatable bonds is 5. The number of halogens is 1. The highest BCUT2D eigenvalue weighted by atomic mass is 35.5. The van der Waals surface area contributed by atoms with E-state index >= 15 is 0 Å². The van der Waals surface area contributed by atoms with E-state index in [4.69, 9.17) is 11.6 Å². The van der Waals surface area contributed by atoms with Gasteiger partial charge in [-0.3, -0.25) is 0 Å². The summed E-state index contributed by atoms with van der Waals surface area (Å²) in [6.07, 6.45) is 6.28. The highest BCUT2D eigenvalue weighted by molar-refractivity contribution is 7.16. The van der Waals surface area contributed by atoms with Crippen LogP contribution in [-0.2, 0) is 12.8 Å². The molecule has 0 amide bonds. The van der Waals surface area contributed by atoms with E-state index < -0.39 is 0 Å². The van der Waals surface area contributed by atoms with E-state index in [1.807, 2.05) is 6.07 Å². The fourth-order valence-corrected chi connectivity index (χ4v) is 4.25. The summed E-state index contributed by atoms with van der Waals surface area (Å²) >= 11 is 7.81. The van der Waals surface area contributed by atoms with Crippen molar-refractivity contribution in [2.24, 2.45) is 0 Å². The van der Waals surface area contributed by atoms with Gasteiger partial charge in [0.25, 0.3) is 0 Å². The molecular formula is C18H22ClNS. The Morgan fingerprint density at radius 1 is 1.14 bits per heavy atom. The van der Waals surface area contributed by atoms with Crippen molar-refractivity contribution in [3.8, 4) is 0 Å². The summed E-state index contributed by atoms with van der Waals surface area (Å²) in [7, 11) is 0. The molecule has 3 rings (SSSR count). The van der Waals surface area contributed by atoms with Crippen LogP contribution < -0.4 is 5.32 Å². The van der Waals surface area contributed by atoms with Gasteiger partial charge in [-0.15, -0.1) is 11.3 Å². The fourth-order valence-electron chi connectivity index (χ4n) is 3.09. The van der Waals surface area contributed by atoms with Gasteiger partial charge in [0.05, 0.1) is 10.4 Å². The summed E-state index contributed by atoms with van der Waals surface area (Å²) in [4.78, 5) is 1.31. The molecule has 1 aliphatic carbocycles. The van der Waals surface area contributed by atoms with Gasteiger partial charge in [-0.1, -0.05) is 36.7 Å². The number of aryl methyl sites for hydroxylation is 2. The zero-order chi connectivity index (χ0) is 14.7. The molecule has 1 N–H and O–H groups in total. The third kappa shape index (κ3) is 3.50. The van der Waals surface area contributed by atoms with Crippen LogP contribution in [0.5, 0.6) is 0 Å². The van der Waals surface area contributed by atoms with Gasteiger partial charge >= 0.3 is 0 Å². The van der Waals surface area contributed by atoms with Gasteiger partial charge in [-0.25, -0.2) is 0 Å². The quantitative estimate of drug-likeness (QED) is 0.781. The summed E-state index contributed by atoms with van der Waals surface area (Å²) in [5, 5.41) is 3.67. The van der Waals surface area contributed by atoms with Crippen molar-refractivity contribution in [2.75, 3.05) is 6.54 Å². The minimum Gasteiger partial charge on any atom is -0.306 e. The number of nitrogens with one attached hydrogen (secondary N) is 1. The molecule has 0 saturated heterocycles. The Labute approximate surface area is 136 Å². The Morgan fingerprint density at radius 3 is 2.67 bits per heavy atom. The van der Waals surface area contributed by atoms with Crippen molar-refractivity contribution in [3.05, 3.63) is 56.2 Å². The first-order chi connectivity index (χ1) is 10.3. The van der Waals surface area contributed by atoms with Crippen LogP contribution in [0, 0.1) is 0 Å². The Kier molecular flexibility index (Phi) is 4.99. The van der Waals surface area contributed by atoms with E-state index in [0.29, 0.717) is 0 Å². The number of hydrogen-bond acceptors (Lipinski definition) is 2. The molecular weight excluding hydrogens is 298 g/mol. The van der Waals surface area contributed by atoms with E-state index in [9.17, 15) is 0 Å². The van der Waals surface area contributed by atoms with Crippen LogP contribution in [-0.4, -0.2) is 6.54 Å². The first-order valence-electron chi connectivity index (χ1n) is 7.88. The van der Waals surface area contributed by atoms with E-state index in [-0.39, 0.29) is 6.04 Å². The third-order valence-electron chi connectivity index (χ3n) is 4.18. The Morgan fingerprint density at radius 2 is 1.95 bits per heavy atom. The Balaban J connectivity index is 1.92. The minimum absolute atomic E-state index is 0.273. The van der Waals surface area contributed by atoms with Crippen LogP contribution in [0.1, 0.15) is 53.8 Å². The Bertz CT molecular complexity index is 605. The lowest BCUT2D eigenvalue weighted by atomic mass is 9.89. The van der Waals surface area contributed by atoms with Crippen molar-refractivity contribution in [1.82, 2.24) is 5.32 Å². The van der Waals surface area contributed by atoms with Gasteiger partial charge in [0.2, 0.25) is 0 Å². The van der Waals surface area contributed by atoms with Gasteiger partial charge in [-0.2, -0.15) is 0 Å². The Hall–Kier alpha value is -0.830. The molecule has 1 aliphatic rings. The average molecular weight is 320 g/mol. The van der Waals surface area contributed by atoms with Crippen molar-refractivity contribution in [3.63, 3.8) is 0 Å². The number of fused-ring (bicyclic) bond motifs is 1. The molecule has 0 fully saturated rings. The van der Waals surface area contributed by atoms with Crippen LogP contribution in [0.25, 0.3) is 0 Å². The van der Waals surface area contributed by atoms with Crippen LogP contribution >= 0.6 is 22.9 Å². The zero-order valence-electron chi connectivity index (χ0n) is 12.5. The van der Waals surface area contributed by atoms with E-state index in [2.05, 4.69) is 36.5 Å². The molecule has 1 heterocycles.